The first-order chi connectivity index (χ1) is 6.93. The number of ether oxygens (including phenoxy) is 1. The molecule has 3 rings (SSSR count). The molecule has 0 radical (unpaired) electrons. The van der Waals surface area contributed by atoms with Crippen molar-refractivity contribution < 1.29 is 4.74 Å². The van der Waals surface area contributed by atoms with Crippen LogP contribution in [0.4, 0.5) is 0 Å². The molecule has 2 heterocycles. The summed E-state index contributed by atoms with van der Waals surface area (Å²) in [5, 5.41) is 1.13. The maximum absolute atomic E-state index is 5.52. The van der Waals surface area contributed by atoms with Crippen LogP contribution in [0.5, 0.6) is 5.75 Å². The molecule has 1 aromatic carbocycles. The van der Waals surface area contributed by atoms with Gasteiger partial charge in [-0.25, -0.2) is 0 Å². The average Bonchev–Trinajstić information content (AvgIpc) is 2.26. The zero-order valence-corrected chi connectivity index (χ0v) is 7.60. The first-order valence-electron chi connectivity index (χ1n) is 4.61. The van der Waals surface area contributed by atoms with Gasteiger partial charge in [0.2, 0.25) is 0 Å². The van der Waals surface area contributed by atoms with Gasteiger partial charge in [-0.2, -0.15) is 0 Å². The molecule has 0 fully saturated rings. The Morgan fingerprint density at radius 3 is 3.29 bits per heavy atom. The van der Waals surface area contributed by atoms with Crippen LogP contribution in [0.1, 0.15) is 5.56 Å². The SMILES string of the molecule is C1=Cc2cc3ncccc3cc2OC1. The average molecular weight is 183 g/mol. The zero-order chi connectivity index (χ0) is 9.38. The number of rotatable bonds is 0. The van der Waals surface area contributed by atoms with Gasteiger partial charge in [-0.3, -0.25) is 4.98 Å². The highest BCUT2D eigenvalue weighted by Crippen LogP contribution is 2.27. The fourth-order valence-corrected chi connectivity index (χ4v) is 1.68. The summed E-state index contributed by atoms with van der Waals surface area (Å²) in [7, 11) is 0. The van der Waals surface area contributed by atoms with Crippen LogP contribution in [-0.2, 0) is 0 Å². The fraction of sp³-hybridized carbons (Fsp3) is 0.0833. The molecular weight excluding hydrogens is 174 g/mol. The molecule has 0 saturated carbocycles. The van der Waals surface area contributed by atoms with E-state index in [-0.39, 0.29) is 0 Å². The highest BCUT2D eigenvalue weighted by atomic mass is 16.5. The second-order valence-electron chi connectivity index (χ2n) is 3.30. The van der Waals surface area contributed by atoms with Crippen molar-refractivity contribution in [1.29, 1.82) is 0 Å². The lowest BCUT2D eigenvalue weighted by atomic mass is 10.1. The van der Waals surface area contributed by atoms with Crippen molar-refractivity contribution in [3.63, 3.8) is 0 Å². The van der Waals surface area contributed by atoms with E-state index < -0.39 is 0 Å². The van der Waals surface area contributed by atoms with E-state index in [1.54, 1.807) is 0 Å². The van der Waals surface area contributed by atoms with Crippen LogP contribution >= 0.6 is 0 Å². The summed E-state index contributed by atoms with van der Waals surface area (Å²) in [5.74, 6) is 0.952. The third-order valence-electron chi connectivity index (χ3n) is 2.37. The largest absolute Gasteiger partial charge is 0.489 e. The Hall–Kier alpha value is -1.83. The number of nitrogens with zero attached hydrogens (tertiary/aromatic N) is 1. The van der Waals surface area contributed by atoms with Crippen LogP contribution in [0.3, 0.4) is 0 Å². The van der Waals surface area contributed by atoms with Crippen LogP contribution < -0.4 is 4.74 Å². The lowest BCUT2D eigenvalue weighted by molar-refractivity contribution is 0.359. The molecule has 2 heteroatoms. The van der Waals surface area contributed by atoms with E-state index in [1.165, 1.54) is 0 Å². The van der Waals surface area contributed by atoms with E-state index in [0.717, 1.165) is 22.2 Å². The van der Waals surface area contributed by atoms with Gasteiger partial charge in [-0.05, 0) is 24.3 Å². The first kappa shape index (κ1) is 7.56. The Bertz CT molecular complexity index is 517. The van der Waals surface area contributed by atoms with E-state index in [4.69, 9.17) is 4.74 Å². The lowest BCUT2D eigenvalue weighted by Crippen LogP contribution is -2.00. The van der Waals surface area contributed by atoms with E-state index in [1.807, 2.05) is 30.5 Å². The summed E-state index contributed by atoms with van der Waals surface area (Å²) in [6, 6.07) is 8.08. The Balaban J connectivity index is 2.34. The van der Waals surface area contributed by atoms with Gasteiger partial charge in [0.1, 0.15) is 12.4 Å². The van der Waals surface area contributed by atoms with E-state index in [2.05, 4.69) is 17.1 Å². The zero-order valence-electron chi connectivity index (χ0n) is 7.60. The summed E-state index contributed by atoms with van der Waals surface area (Å²) in [6.07, 6.45) is 5.90. The molecule has 0 aliphatic carbocycles. The molecule has 68 valence electrons. The molecule has 1 aliphatic rings. The summed E-state index contributed by atoms with van der Waals surface area (Å²) >= 11 is 0. The standard InChI is InChI=1S/C12H9NO/c1-3-9-8-12-10(4-2-6-14-12)7-11(9)13-5-1/h1-5,7-8H,6H2. The van der Waals surface area contributed by atoms with Gasteiger partial charge in [0.25, 0.3) is 0 Å². The number of pyridine rings is 1. The minimum atomic E-state index is 0.665. The van der Waals surface area contributed by atoms with Crippen molar-refractivity contribution >= 4 is 17.0 Å². The molecule has 2 nitrogen and oxygen atoms in total. The molecule has 0 N–H and O–H groups in total. The molecule has 0 bridgehead atoms. The Labute approximate surface area is 81.8 Å². The van der Waals surface area contributed by atoms with E-state index in [9.17, 15) is 0 Å². The van der Waals surface area contributed by atoms with E-state index in [0.29, 0.717) is 6.61 Å². The lowest BCUT2D eigenvalue weighted by Gasteiger charge is -2.12. The molecule has 0 spiro atoms. The van der Waals surface area contributed by atoms with Crippen molar-refractivity contribution in [2.75, 3.05) is 6.61 Å². The molecule has 2 aromatic rings. The minimum absolute atomic E-state index is 0.665. The van der Waals surface area contributed by atoms with E-state index >= 15 is 0 Å². The molecule has 14 heavy (non-hydrogen) atoms. The summed E-state index contributed by atoms with van der Waals surface area (Å²) < 4.78 is 5.52. The van der Waals surface area contributed by atoms with Gasteiger partial charge in [-0.15, -0.1) is 0 Å². The highest BCUT2D eigenvalue weighted by Gasteiger charge is 2.06. The smallest absolute Gasteiger partial charge is 0.127 e. The number of hydrogen-bond acceptors (Lipinski definition) is 2. The maximum atomic E-state index is 5.52. The minimum Gasteiger partial charge on any atom is -0.489 e. The number of benzene rings is 1. The van der Waals surface area contributed by atoms with Crippen molar-refractivity contribution in [2.24, 2.45) is 0 Å². The van der Waals surface area contributed by atoms with Crippen LogP contribution in [0.25, 0.3) is 17.0 Å². The van der Waals surface area contributed by atoms with Crippen LogP contribution in [0.2, 0.25) is 0 Å². The van der Waals surface area contributed by atoms with Gasteiger partial charge < -0.3 is 4.74 Å². The van der Waals surface area contributed by atoms with Crippen molar-refractivity contribution in [3.05, 3.63) is 42.1 Å². The summed E-state index contributed by atoms with van der Waals surface area (Å²) in [4.78, 5) is 4.30. The molecule has 0 amide bonds. The number of aromatic nitrogens is 1. The molecule has 1 aliphatic heterocycles. The first-order valence-corrected chi connectivity index (χ1v) is 4.61. The monoisotopic (exact) mass is 183 g/mol. The van der Waals surface area contributed by atoms with Crippen LogP contribution in [0.15, 0.2) is 36.5 Å². The Morgan fingerprint density at radius 1 is 1.29 bits per heavy atom. The molecule has 1 aromatic heterocycles. The van der Waals surface area contributed by atoms with Gasteiger partial charge in [0, 0.05) is 17.1 Å². The van der Waals surface area contributed by atoms with Crippen LogP contribution in [0, 0.1) is 0 Å². The van der Waals surface area contributed by atoms with Gasteiger partial charge in [-0.1, -0.05) is 12.1 Å². The van der Waals surface area contributed by atoms with Crippen molar-refractivity contribution in [3.8, 4) is 5.75 Å². The van der Waals surface area contributed by atoms with Gasteiger partial charge >= 0.3 is 0 Å². The summed E-state index contributed by atoms with van der Waals surface area (Å²) in [5.41, 5.74) is 2.13. The topological polar surface area (TPSA) is 22.1 Å². The van der Waals surface area contributed by atoms with Crippen molar-refractivity contribution in [1.82, 2.24) is 4.98 Å². The molecular formula is C12H9NO. The molecule has 0 atom stereocenters. The fourth-order valence-electron chi connectivity index (χ4n) is 1.68. The normalized spacial score (nSPS) is 13.7. The third kappa shape index (κ3) is 1.08. The second kappa shape index (κ2) is 2.84. The number of hydrogen-bond donors (Lipinski definition) is 0. The quantitative estimate of drug-likeness (QED) is 0.626. The van der Waals surface area contributed by atoms with Crippen LogP contribution in [-0.4, -0.2) is 11.6 Å². The predicted octanol–water partition coefficient (Wildman–Crippen LogP) is 2.64. The highest BCUT2D eigenvalue weighted by molar-refractivity contribution is 5.84. The molecule has 0 saturated heterocycles. The van der Waals surface area contributed by atoms with Gasteiger partial charge in [0.05, 0.1) is 5.52 Å². The third-order valence-corrected chi connectivity index (χ3v) is 2.37. The van der Waals surface area contributed by atoms with Gasteiger partial charge in [0.15, 0.2) is 0 Å². The maximum Gasteiger partial charge on any atom is 0.127 e. The molecule has 0 unspecified atom stereocenters. The Kier molecular flexibility index (Phi) is 1.53. The number of fused-ring (bicyclic) bond motifs is 2. The predicted molar refractivity (Wildman–Crippen MR) is 56.3 cm³/mol. The summed E-state index contributed by atoms with van der Waals surface area (Å²) in [6.45, 7) is 0.665. The van der Waals surface area contributed by atoms with Crippen molar-refractivity contribution in [2.45, 2.75) is 0 Å². The Morgan fingerprint density at radius 2 is 2.29 bits per heavy atom. The second-order valence-corrected chi connectivity index (χ2v) is 3.30.